The van der Waals surface area contributed by atoms with Crippen molar-refractivity contribution in [1.82, 2.24) is 10.3 Å². The fourth-order valence-corrected chi connectivity index (χ4v) is 2.53. The summed E-state index contributed by atoms with van der Waals surface area (Å²) in [6.07, 6.45) is 0.510. The molecule has 17 heavy (non-hydrogen) atoms. The van der Waals surface area contributed by atoms with E-state index in [9.17, 15) is 4.79 Å². The molecule has 0 aliphatic heterocycles. The van der Waals surface area contributed by atoms with Gasteiger partial charge in [0.15, 0.2) is 0 Å². The van der Waals surface area contributed by atoms with Crippen molar-refractivity contribution in [2.24, 2.45) is 0 Å². The highest BCUT2D eigenvalue weighted by molar-refractivity contribution is 7.11. The van der Waals surface area contributed by atoms with E-state index in [-0.39, 0.29) is 12.0 Å². The van der Waals surface area contributed by atoms with Crippen molar-refractivity contribution in [2.75, 3.05) is 6.61 Å². The first-order chi connectivity index (χ1) is 8.08. The Kier molecular flexibility index (Phi) is 5.58. The maximum atomic E-state index is 11.7. The number of carbonyl (C=O) groups excluding carboxylic acids is 1. The molecule has 1 aromatic rings. The largest absolute Gasteiger partial charge is 0.369 e. The van der Waals surface area contributed by atoms with E-state index in [0.717, 1.165) is 22.0 Å². The summed E-state index contributed by atoms with van der Waals surface area (Å²) in [7, 11) is 0. The van der Waals surface area contributed by atoms with Crippen molar-refractivity contribution in [3.05, 3.63) is 15.6 Å². The quantitative estimate of drug-likeness (QED) is 0.847. The molecule has 5 heteroatoms. The van der Waals surface area contributed by atoms with Gasteiger partial charge in [0.1, 0.15) is 6.10 Å². The zero-order valence-corrected chi connectivity index (χ0v) is 11.7. The molecule has 0 spiro atoms. The third kappa shape index (κ3) is 4.09. The first-order valence-corrected chi connectivity index (χ1v) is 6.74. The summed E-state index contributed by atoms with van der Waals surface area (Å²) in [5, 5.41) is 3.92. The highest BCUT2D eigenvalue weighted by atomic mass is 32.1. The molecule has 0 fully saturated rings. The summed E-state index contributed by atoms with van der Waals surface area (Å²) in [5.74, 6) is -0.0695. The van der Waals surface area contributed by atoms with Crippen molar-refractivity contribution in [1.29, 1.82) is 0 Å². The van der Waals surface area contributed by atoms with Crippen LogP contribution in [0, 0.1) is 6.92 Å². The van der Waals surface area contributed by atoms with Crippen molar-refractivity contribution in [3.63, 3.8) is 0 Å². The number of aromatic nitrogens is 1. The van der Waals surface area contributed by atoms with E-state index < -0.39 is 0 Å². The lowest BCUT2D eigenvalue weighted by atomic mass is 10.3. The van der Waals surface area contributed by atoms with Crippen LogP contribution < -0.4 is 5.32 Å². The van der Waals surface area contributed by atoms with Gasteiger partial charge in [-0.3, -0.25) is 4.79 Å². The molecule has 0 aromatic carbocycles. The number of hydrogen-bond donors (Lipinski definition) is 1. The molecule has 0 radical (unpaired) electrons. The van der Waals surface area contributed by atoms with Crippen LogP contribution in [-0.4, -0.2) is 23.6 Å². The lowest BCUT2D eigenvalue weighted by Crippen LogP contribution is -2.34. The van der Waals surface area contributed by atoms with Gasteiger partial charge in [0.2, 0.25) is 5.91 Å². The second kappa shape index (κ2) is 6.71. The fraction of sp³-hybridized carbons (Fsp3) is 0.667. The first-order valence-electron chi connectivity index (χ1n) is 5.92. The second-order valence-electron chi connectivity index (χ2n) is 3.77. The minimum absolute atomic E-state index is 0.0695. The van der Waals surface area contributed by atoms with Gasteiger partial charge >= 0.3 is 0 Å². The van der Waals surface area contributed by atoms with Crippen molar-refractivity contribution in [3.8, 4) is 0 Å². The van der Waals surface area contributed by atoms with Crippen LogP contribution in [0.5, 0.6) is 0 Å². The van der Waals surface area contributed by atoms with Crippen LogP contribution in [-0.2, 0) is 22.5 Å². The normalized spacial score (nSPS) is 12.5. The molecule has 1 aromatic heterocycles. The molecule has 0 aliphatic carbocycles. The zero-order chi connectivity index (χ0) is 12.8. The number of aryl methyl sites for hydroxylation is 2. The molecule has 1 heterocycles. The summed E-state index contributed by atoms with van der Waals surface area (Å²) in [6.45, 7) is 8.79. The Labute approximate surface area is 106 Å². The third-order valence-electron chi connectivity index (χ3n) is 2.43. The fourth-order valence-electron chi connectivity index (χ4n) is 1.56. The van der Waals surface area contributed by atoms with Crippen LogP contribution in [0.1, 0.15) is 36.3 Å². The van der Waals surface area contributed by atoms with Gasteiger partial charge in [-0.2, -0.15) is 0 Å². The van der Waals surface area contributed by atoms with E-state index in [1.807, 2.05) is 13.8 Å². The molecule has 0 unspecified atom stereocenters. The van der Waals surface area contributed by atoms with Crippen molar-refractivity contribution >= 4 is 17.2 Å². The van der Waals surface area contributed by atoms with Gasteiger partial charge in [0.25, 0.3) is 0 Å². The Morgan fingerprint density at radius 2 is 2.24 bits per heavy atom. The van der Waals surface area contributed by atoms with Crippen LogP contribution in [0.25, 0.3) is 0 Å². The maximum Gasteiger partial charge on any atom is 0.249 e. The average Bonchev–Trinajstić information content (AvgIpc) is 2.66. The smallest absolute Gasteiger partial charge is 0.249 e. The summed E-state index contributed by atoms with van der Waals surface area (Å²) < 4.78 is 5.23. The third-order valence-corrected chi connectivity index (χ3v) is 3.44. The van der Waals surface area contributed by atoms with Gasteiger partial charge < -0.3 is 10.1 Å². The van der Waals surface area contributed by atoms with Crippen molar-refractivity contribution < 1.29 is 9.53 Å². The number of rotatable bonds is 6. The van der Waals surface area contributed by atoms with E-state index in [0.29, 0.717) is 13.2 Å². The minimum atomic E-state index is -0.390. The standard InChI is InChI=1S/C12H20N2O2S/c1-5-10-11(17-9(4)14-10)7-13-12(15)8(3)16-6-2/h8H,5-7H2,1-4H3,(H,13,15)/t8-/m1/s1. The Bertz CT molecular complexity index is 377. The monoisotopic (exact) mass is 256 g/mol. The number of nitrogens with zero attached hydrogens (tertiary/aromatic N) is 1. The number of ether oxygens (including phenoxy) is 1. The van der Waals surface area contributed by atoms with Gasteiger partial charge in [-0.1, -0.05) is 6.92 Å². The molecule has 0 aliphatic rings. The SMILES string of the molecule is CCO[C@H](C)C(=O)NCc1sc(C)nc1CC. The number of nitrogens with one attached hydrogen (secondary N) is 1. The Balaban J connectivity index is 2.52. The average molecular weight is 256 g/mol. The van der Waals surface area contributed by atoms with Gasteiger partial charge in [0.05, 0.1) is 17.2 Å². The summed E-state index contributed by atoms with van der Waals surface area (Å²) >= 11 is 1.64. The lowest BCUT2D eigenvalue weighted by molar-refractivity contribution is -0.131. The first kappa shape index (κ1) is 14.1. The number of thiazole rings is 1. The summed E-state index contributed by atoms with van der Waals surface area (Å²) in [4.78, 5) is 17.2. The van der Waals surface area contributed by atoms with Gasteiger partial charge in [0, 0.05) is 11.5 Å². The number of hydrogen-bond acceptors (Lipinski definition) is 4. The highest BCUT2D eigenvalue weighted by Gasteiger charge is 2.14. The molecule has 0 saturated heterocycles. The molecule has 1 amide bonds. The summed E-state index contributed by atoms with van der Waals surface area (Å²) in [6, 6.07) is 0. The van der Waals surface area contributed by atoms with Gasteiger partial charge in [-0.25, -0.2) is 4.98 Å². The second-order valence-corrected chi connectivity index (χ2v) is 5.06. The molecular formula is C12H20N2O2S. The molecule has 1 atom stereocenters. The van der Waals surface area contributed by atoms with E-state index in [1.54, 1.807) is 18.3 Å². The molecule has 96 valence electrons. The van der Waals surface area contributed by atoms with Crippen LogP contribution in [0.3, 0.4) is 0 Å². The van der Waals surface area contributed by atoms with E-state index in [1.165, 1.54) is 0 Å². The van der Waals surface area contributed by atoms with Crippen molar-refractivity contribution in [2.45, 2.75) is 46.8 Å². The van der Waals surface area contributed by atoms with Crippen LogP contribution in [0.2, 0.25) is 0 Å². The van der Waals surface area contributed by atoms with E-state index in [2.05, 4.69) is 17.2 Å². The van der Waals surface area contributed by atoms with E-state index in [4.69, 9.17) is 4.74 Å². The van der Waals surface area contributed by atoms with Gasteiger partial charge in [-0.05, 0) is 27.2 Å². The highest BCUT2D eigenvalue weighted by Crippen LogP contribution is 2.18. The predicted octanol–water partition coefficient (Wildman–Crippen LogP) is 2.06. The Morgan fingerprint density at radius 1 is 1.53 bits per heavy atom. The number of carbonyl (C=O) groups is 1. The van der Waals surface area contributed by atoms with Gasteiger partial charge in [-0.15, -0.1) is 11.3 Å². The predicted molar refractivity (Wildman–Crippen MR) is 69.2 cm³/mol. The van der Waals surface area contributed by atoms with Crippen LogP contribution in [0.4, 0.5) is 0 Å². The molecule has 1 N–H and O–H groups in total. The maximum absolute atomic E-state index is 11.7. The lowest BCUT2D eigenvalue weighted by Gasteiger charge is -2.11. The topological polar surface area (TPSA) is 51.2 Å². The molecule has 1 rings (SSSR count). The Morgan fingerprint density at radius 3 is 2.82 bits per heavy atom. The molecule has 0 saturated carbocycles. The summed E-state index contributed by atoms with van der Waals surface area (Å²) in [5.41, 5.74) is 1.08. The van der Waals surface area contributed by atoms with E-state index >= 15 is 0 Å². The molecule has 0 bridgehead atoms. The molecule has 4 nitrogen and oxygen atoms in total. The van der Waals surface area contributed by atoms with Crippen LogP contribution >= 0.6 is 11.3 Å². The molecular weight excluding hydrogens is 236 g/mol. The van der Waals surface area contributed by atoms with Crippen LogP contribution in [0.15, 0.2) is 0 Å². The number of amides is 1. The zero-order valence-electron chi connectivity index (χ0n) is 10.9. The Hall–Kier alpha value is -0.940. The minimum Gasteiger partial charge on any atom is -0.369 e.